The number of hydrogen-bond donors (Lipinski definition) is 2. The van der Waals surface area contributed by atoms with E-state index in [9.17, 15) is 4.79 Å². The summed E-state index contributed by atoms with van der Waals surface area (Å²) in [5.74, 6) is 0. The number of rotatable bonds is 6. The lowest BCUT2D eigenvalue weighted by atomic mass is 10.5. The van der Waals surface area contributed by atoms with Gasteiger partial charge in [0.1, 0.15) is 0 Å². The Morgan fingerprint density at radius 1 is 1.58 bits per heavy atom. The van der Waals surface area contributed by atoms with Crippen molar-refractivity contribution in [3.63, 3.8) is 0 Å². The van der Waals surface area contributed by atoms with Gasteiger partial charge in [-0.1, -0.05) is 0 Å². The molecule has 0 unspecified atom stereocenters. The summed E-state index contributed by atoms with van der Waals surface area (Å²) in [4.78, 5) is 12.0. The van der Waals surface area contributed by atoms with Gasteiger partial charge in [0.25, 0.3) is 0 Å². The van der Waals surface area contributed by atoms with Gasteiger partial charge in [-0.2, -0.15) is 0 Å². The van der Waals surface area contributed by atoms with Crippen molar-refractivity contribution >= 4 is 6.03 Å². The van der Waals surface area contributed by atoms with Crippen LogP contribution < -0.4 is 5.73 Å². The fraction of sp³-hybridized carbons (Fsp3) is 0.714. The number of primary amides is 1. The topological polar surface area (TPSA) is 75.8 Å². The van der Waals surface area contributed by atoms with E-state index in [1.54, 1.807) is 0 Å². The summed E-state index contributed by atoms with van der Waals surface area (Å²) in [6.07, 6.45) is 0. The summed E-state index contributed by atoms with van der Waals surface area (Å²) < 4.78 is 4.94. The molecule has 0 atom stereocenters. The maximum atomic E-state index is 10.6. The van der Waals surface area contributed by atoms with Gasteiger partial charge < -0.3 is 20.5 Å². The summed E-state index contributed by atoms with van der Waals surface area (Å²) in [5.41, 5.74) is 5.00. The SMILES string of the molecule is [CH2]CN(CCOCCO)C(N)=O. The van der Waals surface area contributed by atoms with Crippen LogP contribution in [-0.2, 0) is 4.74 Å². The van der Waals surface area contributed by atoms with E-state index in [1.807, 2.05) is 0 Å². The highest BCUT2D eigenvalue weighted by Gasteiger charge is 2.04. The molecule has 1 radical (unpaired) electrons. The molecule has 0 aliphatic carbocycles. The second-order valence-corrected chi connectivity index (χ2v) is 2.16. The molecule has 0 heterocycles. The van der Waals surface area contributed by atoms with Crippen LogP contribution in [0.15, 0.2) is 0 Å². The maximum Gasteiger partial charge on any atom is 0.314 e. The van der Waals surface area contributed by atoms with E-state index in [4.69, 9.17) is 15.6 Å². The van der Waals surface area contributed by atoms with Crippen LogP contribution in [0.4, 0.5) is 4.79 Å². The number of nitrogens with two attached hydrogens (primary N) is 1. The number of nitrogens with zero attached hydrogens (tertiary/aromatic N) is 1. The van der Waals surface area contributed by atoms with Gasteiger partial charge in [-0.15, -0.1) is 0 Å². The van der Waals surface area contributed by atoms with Crippen LogP contribution in [0.2, 0.25) is 0 Å². The molecule has 3 N–H and O–H groups in total. The smallest absolute Gasteiger partial charge is 0.314 e. The lowest BCUT2D eigenvalue weighted by Gasteiger charge is -2.17. The molecular formula is C7H15N2O3. The number of aliphatic hydroxyl groups excluding tert-OH is 1. The van der Waals surface area contributed by atoms with E-state index in [-0.39, 0.29) is 13.2 Å². The Morgan fingerprint density at radius 3 is 2.67 bits per heavy atom. The summed E-state index contributed by atoms with van der Waals surface area (Å²) in [6.45, 7) is 4.92. The van der Waals surface area contributed by atoms with Crippen molar-refractivity contribution in [3.05, 3.63) is 6.92 Å². The highest BCUT2D eigenvalue weighted by Crippen LogP contribution is 1.86. The third kappa shape index (κ3) is 4.92. The molecule has 0 bridgehead atoms. The minimum Gasteiger partial charge on any atom is -0.394 e. The van der Waals surface area contributed by atoms with Crippen LogP contribution in [0, 0.1) is 6.92 Å². The molecule has 5 heteroatoms. The zero-order valence-electron chi connectivity index (χ0n) is 7.03. The summed E-state index contributed by atoms with van der Waals surface area (Å²) in [6, 6.07) is -0.502. The molecule has 12 heavy (non-hydrogen) atoms. The molecule has 0 fully saturated rings. The van der Waals surface area contributed by atoms with Crippen molar-refractivity contribution in [2.24, 2.45) is 5.73 Å². The fourth-order valence-corrected chi connectivity index (χ4v) is 0.674. The van der Waals surface area contributed by atoms with Crippen LogP contribution in [0.3, 0.4) is 0 Å². The van der Waals surface area contributed by atoms with Crippen LogP contribution in [0.1, 0.15) is 0 Å². The third-order valence-corrected chi connectivity index (χ3v) is 1.32. The monoisotopic (exact) mass is 175 g/mol. The molecule has 0 aromatic carbocycles. The highest BCUT2D eigenvalue weighted by molar-refractivity contribution is 5.71. The number of urea groups is 1. The van der Waals surface area contributed by atoms with E-state index in [0.29, 0.717) is 19.7 Å². The van der Waals surface area contributed by atoms with Crippen LogP contribution >= 0.6 is 0 Å². The predicted molar refractivity (Wildman–Crippen MR) is 44.4 cm³/mol. The van der Waals surface area contributed by atoms with Crippen molar-refractivity contribution < 1.29 is 14.6 Å². The van der Waals surface area contributed by atoms with E-state index < -0.39 is 6.03 Å². The molecule has 5 nitrogen and oxygen atoms in total. The average molecular weight is 175 g/mol. The molecule has 0 saturated heterocycles. The van der Waals surface area contributed by atoms with Crippen molar-refractivity contribution in [2.75, 3.05) is 32.9 Å². The van der Waals surface area contributed by atoms with Gasteiger partial charge in [-0.3, -0.25) is 0 Å². The van der Waals surface area contributed by atoms with Gasteiger partial charge in [0.15, 0.2) is 0 Å². The van der Waals surface area contributed by atoms with Crippen LogP contribution in [0.25, 0.3) is 0 Å². The normalized spacial score (nSPS) is 9.83. The Labute approximate surface area is 72.1 Å². The third-order valence-electron chi connectivity index (χ3n) is 1.32. The number of amides is 2. The Morgan fingerprint density at radius 2 is 2.25 bits per heavy atom. The minimum atomic E-state index is -0.502. The van der Waals surface area contributed by atoms with Crippen molar-refractivity contribution in [2.45, 2.75) is 0 Å². The van der Waals surface area contributed by atoms with Crippen molar-refractivity contribution in [1.29, 1.82) is 0 Å². The molecule has 0 aliphatic heterocycles. The van der Waals surface area contributed by atoms with Crippen LogP contribution in [-0.4, -0.2) is 48.9 Å². The standard InChI is InChI=1S/C7H15N2O3/c1-2-9(7(8)11)3-5-12-6-4-10/h10H,1-6H2,(H2,8,11). The quantitative estimate of drug-likeness (QED) is 0.519. The Hall–Kier alpha value is -0.810. The largest absolute Gasteiger partial charge is 0.394 e. The van der Waals surface area contributed by atoms with E-state index in [2.05, 4.69) is 6.92 Å². The van der Waals surface area contributed by atoms with Gasteiger partial charge in [-0.05, 0) is 6.92 Å². The summed E-state index contributed by atoms with van der Waals surface area (Å²) in [5, 5.41) is 8.36. The summed E-state index contributed by atoms with van der Waals surface area (Å²) >= 11 is 0. The molecule has 0 saturated carbocycles. The number of aliphatic hydroxyl groups is 1. The molecule has 71 valence electrons. The van der Waals surface area contributed by atoms with Crippen molar-refractivity contribution in [1.82, 2.24) is 4.90 Å². The van der Waals surface area contributed by atoms with Gasteiger partial charge in [0, 0.05) is 13.1 Å². The number of carbonyl (C=O) groups excluding carboxylic acids is 1. The second kappa shape index (κ2) is 6.87. The number of hydrogen-bond acceptors (Lipinski definition) is 3. The highest BCUT2D eigenvalue weighted by atomic mass is 16.5. The molecular weight excluding hydrogens is 160 g/mol. The Kier molecular flexibility index (Phi) is 6.41. The fourth-order valence-electron chi connectivity index (χ4n) is 0.674. The average Bonchev–Trinajstić information content (AvgIpc) is 2.04. The molecule has 0 aromatic heterocycles. The van der Waals surface area contributed by atoms with E-state index >= 15 is 0 Å². The molecule has 0 rings (SSSR count). The van der Waals surface area contributed by atoms with Gasteiger partial charge in [-0.25, -0.2) is 4.79 Å². The number of ether oxygens (including phenoxy) is 1. The van der Waals surface area contributed by atoms with Gasteiger partial charge in [0.05, 0.1) is 19.8 Å². The molecule has 0 spiro atoms. The first-order chi connectivity index (χ1) is 5.72. The lowest BCUT2D eigenvalue weighted by molar-refractivity contribution is 0.0811. The van der Waals surface area contributed by atoms with Crippen molar-refractivity contribution in [3.8, 4) is 0 Å². The van der Waals surface area contributed by atoms with Crippen LogP contribution in [0.5, 0.6) is 0 Å². The Bertz CT molecular complexity index is 130. The minimum absolute atomic E-state index is 0.0129. The first-order valence-electron chi connectivity index (χ1n) is 3.74. The predicted octanol–water partition coefficient (Wildman–Crippen LogP) is -0.790. The second-order valence-electron chi connectivity index (χ2n) is 2.16. The van der Waals surface area contributed by atoms with E-state index in [0.717, 1.165) is 0 Å². The maximum absolute atomic E-state index is 10.6. The lowest BCUT2D eigenvalue weighted by Crippen LogP contribution is -2.38. The first kappa shape index (κ1) is 11.2. The molecule has 0 aromatic rings. The van der Waals surface area contributed by atoms with E-state index in [1.165, 1.54) is 4.90 Å². The van der Waals surface area contributed by atoms with Gasteiger partial charge >= 0.3 is 6.03 Å². The zero-order valence-corrected chi connectivity index (χ0v) is 7.03. The Balaban J connectivity index is 3.38. The number of carbonyl (C=O) groups is 1. The molecule has 0 aliphatic rings. The zero-order chi connectivity index (χ0) is 9.40. The first-order valence-corrected chi connectivity index (χ1v) is 3.74. The van der Waals surface area contributed by atoms with Gasteiger partial charge in [0.2, 0.25) is 0 Å². The molecule has 2 amide bonds. The summed E-state index contributed by atoms with van der Waals surface area (Å²) in [7, 11) is 0.